The van der Waals surface area contributed by atoms with Crippen molar-refractivity contribution in [2.24, 2.45) is 5.92 Å². The summed E-state index contributed by atoms with van der Waals surface area (Å²) in [4.78, 5) is 25.2. The topological polar surface area (TPSA) is 82.8 Å². The zero-order valence-corrected chi connectivity index (χ0v) is 14.3. The summed E-state index contributed by atoms with van der Waals surface area (Å²) < 4.78 is 31.3. The van der Waals surface area contributed by atoms with Crippen LogP contribution in [0.5, 0.6) is 0 Å². The Labute approximate surface area is 148 Å². The largest absolute Gasteiger partial charge is 0.477 e. The molecule has 2 heterocycles. The number of pyridine rings is 1. The molecule has 1 aromatic heterocycles. The van der Waals surface area contributed by atoms with E-state index in [1.54, 1.807) is 11.8 Å². The number of piperidine rings is 1. The zero-order chi connectivity index (χ0) is 19.0. The summed E-state index contributed by atoms with van der Waals surface area (Å²) in [6.45, 7) is 2.60. The molecule has 1 aliphatic heterocycles. The second-order valence-corrected chi connectivity index (χ2v) is 6.52. The van der Waals surface area contributed by atoms with Crippen LogP contribution in [0, 0.1) is 17.6 Å². The fourth-order valence-corrected chi connectivity index (χ4v) is 3.59. The molecule has 1 aromatic carbocycles. The monoisotopic (exact) mass is 366 g/mol. The average Bonchev–Trinajstić information content (AvgIpc) is 2.62. The van der Waals surface area contributed by atoms with Crippen molar-refractivity contribution in [1.82, 2.24) is 4.57 Å². The number of aryl methyl sites for hydroxylation is 1. The molecule has 0 spiro atoms. The predicted octanol–water partition coefficient (Wildman–Crippen LogP) is 2.21. The normalized spacial score (nSPS) is 17.7. The Morgan fingerprint density at radius 2 is 2.12 bits per heavy atom. The van der Waals surface area contributed by atoms with Crippen LogP contribution in [0.3, 0.4) is 0 Å². The van der Waals surface area contributed by atoms with Gasteiger partial charge in [-0.25, -0.2) is 13.6 Å². The van der Waals surface area contributed by atoms with Crippen molar-refractivity contribution in [3.05, 3.63) is 39.7 Å². The van der Waals surface area contributed by atoms with Gasteiger partial charge in [0.05, 0.1) is 10.9 Å². The summed E-state index contributed by atoms with van der Waals surface area (Å²) in [6.07, 6.45) is 2.57. The highest BCUT2D eigenvalue weighted by atomic mass is 19.1. The fourth-order valence-electron chi connectivity index (χ4n) is 3.59. The summed E-state index contributed by atoms with van der Waals surface area (Å²) in [7, 11) is 0. The summed E-state index contributed by atoms with van der Waals surface area (Å²) >= 11 is 0. The molecule has 140 valence electrons. The van der Waals surface area contributed by atoms with Gasteiger partial charge in [-0.15, -0.1) is 0 Å². The quantitative estimate of drug-likeness (QED) is 0.867. The summed E-state index contributed by atoms with van der Waals surface area (Å²) in [5, 5.41) is 18.2. The first-order valence-corrected chi connectivity index (χ1v) is 8.53. The number of carboxylic acid groups (broad SMARTS) is 1. The van der Waals surface area contributed by atoms with Crippen molar-refractivity contribution < 1.29 is 23.8 Å². The molecule has 26 heavy (non-hydrogen) atoms. The number of aromatic carboxylic acids is 1. The number of fused-ring (bicyclic) bond motifs is 1. The maximum atomic E-state index is 15.3. The lowest BCUT2D eigenvalue weighted by molar-refractivity contribution is 0.0695. The van der Waals surface area contributed by atoms with Gasteiger partial charge in [0.1, 0.15) is 17.1 Å². The lowest BCUT2D eigenvalue weighted by Crippen LogP contribution is -2.38. The number of carbonyl (C=O) groups is 1. The van der Waals surface area contributed by atoms with E-state index in [-0.39, 0.29) is 35.7 Å². The first kappa shape index (κ1) is 18.3. The maximum absolute atomic E-state index is 15.3. The summed E-state index contributed by atoms with van der Waals surface area (Å²) in [6, 6.07) is 0.914. The first-order chi connectivity index (χ1) is 12.4. The van der Waals surface area contributed by atoms with Gasteiger partial charge in [0.2, 0.25) is 5.43 Å². The maximum Gasteiger partial charge on any atom is 0.341 e. The molecule has 1 fully saturated rings. The Morgan fingerprint density at radius 3 is 2.73 bits per heavy atom. The molecule has 1 saturated heterocycles. The van der Waals surface area contributed by atoms with Gasteiger partial charge in [-0.2, -0.15) is 0 Å². The fraction of sp³-hybridized carbons (Fsp3) is 0.444. The van der Waals surface area contributed by atoms with Crippen LogP contribution < -0.4 is 10.3 Å². The Hall–Kier alpha value is -2.48. The summed E-state index contributed by atoms with van der Waals surface area (Å²) in [5.41, 5.74) is -1.78. The number of carboxylic acids is 1. The van der Waals surface area contributed by atoms with E-state index >= 15 is 4.39 Å². The van der Waals surface area contributed by atoms with E-state index in [0.717, 1.165) is 18.7 Å². The smallest absolute Gasteiger partial charge is 0.341 e. The third kappa shape index (κ3) is 2.94. The third-order valence-electron chi connectivity index (χ3n) is 4.89. The lowest BCUT2D eigenvalue weighted by Gasteiger charge is -2.34. The molecule has 0 saturated carbocycles. The third-order valence-corrected chi connectivity index (χ3v) is 4.89. The number of rotatable bonds is 4. The van der Waals surface area contributed by atoms with E-state index in [1.807, 2.05) is 0 Å². The molecule has 6 nitrogen and oxygen atoms in total. The molecule has 1 unspecified atom stereocenters. The Balaban J connectivity index is 2.26. The zero-order valence-electron chi connectivity index (χ0n) is 14.3. The van der Waals surface area contributed by atoms with Crippen molar-refractivity contribution in [2.75, 3.05) is 24.6 Å². The average molecular weight is 366 g/mol. The highest BCUT2D eigenvalue weighted by Crippen LogP contribution is 2.32. The molecule has 2 aromatic rings. The van der Waals surface area contributed by atoms with E-state index in [9.17, 15) is 19.1 Å². The van der Waals surface area contributed by atoms with E-state index in [2.05, 4.69) is 0 Å². The van der Waals surface area contributed by atoms with Gasteiger partial charge < -0.3 is 19.7 Å². The minimum atomic E-state index is -1.44. The number of hydrogen-bond acceptors (Lipinski definition) is 4. The van der Waals surface area contributed by atoms with Crippen molar-refractivity contribution >= 4 is 22.6 Å². The van der Waals surface area contributed by atoms with Gasteiger partial charge in [-0.3, -0.25) is 4.79 Å². The molecule has 3 rings (SSSR count). The Kier molecular flexibility index (Phi) is 4.95. The van der Waals surface area contributed by atoms with Crippen LogP contribution >= 0.6 is 0 Å². The molecular weight excluding hydrogens is 346 g/mol. The van der Waals surface area contributed by atoms with Crippen LogP contribution in [0.15, 0.2) is 17.1 Å². The van der Waals surface area contributed by atoms with E-state index < -0.39 is 28.6 Å². The Bertz CT molecular complexity index is 926. The van der Waals surface area contributed by atoms with Crippen molar-refractivity contribution in [3.63, 3.8) is 0 Å². The molecule has 8 heteroatoms. The van der Waals surface area contributed by atoms with Crippen LogP contribution in [-0.4, -0.2) is 40.4 Å². The number of aliphatic hydroxyl groups is 1. The van der Waals surface area contributed by atoms with Crippen LogP contribution in [0.2, 0.25) is 0 Å². The standard InChI is InChI=1S/C18H20F2N2O4/c1-2-21-8-12(18(25)26)17(24)11-6-13(19)16(14(20)15(11)21)22-5-3-4-10(7-22)9-23/h6,8,10,23H,2-5,7,9H2,1H3,(H,25,26). The number of benzene rings is 1. The van der Waals surface area contributed by atoms with E-state index in [4.69, 9.17) is 5.11 Å². The SMILES string of the molecule is CCn1cc(C(=O)O)c(=O)c2cc(F)c(N3CCCC(CO)C3)c(F)c21. The van der Waals surface area contributed by atoms with Crippen LogP contribution in [0.4, 0.5) is 14.5 Å². The van der Waals surface area contributed by atoms with Crippen molar-refractivity contribution in [1.29, 1.82) is 0 Å². The van der Waals surface area contributed by atoms with Gasteiger partial charge >= 0.3 is 5.97 Å². The predicted molar refractivity (Wildman–Crippen MR) is 92.8 cm³/mol. The van der Waals surface area contributed by atoms with Crippen molar-refractivity contribution in [2.45, 2.75) is 26.3 Å². The number of aliphatic hydroxyl groups excluding tert-OH is 1. The van der Waals surface area contributed by atoms with Gasteiger partial charge in [0, 0.05) is 32.4 Å². The van der Waals surface area contributed by atoms with Crippen LogP contribution in [0.25, 0.3) is 10.9 Å². The highest BCUT2D eigenvalue weighted by molar-refractivity contribution is 5.93. The number of hydrogen-bond donors (Lipinski definition) is 2. The van der Waals surface area contributed by atoms with Gasteiger partial charge in [-0.1, -0.05) is 0 Å². The number of halogens is 2. The molecule has 1 atom stereocenters. The lowest BCUT2D eigenvalue weighted by atomic mass is 9.98. The molecule has 0 radical (unpaired) electrons. The molecule has 0 bridgehead atoms. The summed E-state index contributed by atoms with van der Waals surface area (Å²) in [5.74, 6) is -3.29. The second-order valence-electron chi connectivity index (χ2n) is 6.52. The minimum Gasteiger partial charge on any atom is -0.477 e. The number of aromatic nitrogens is 1. The van der Waals surface area contributed by atoms with E-state index in [0.29, 0.717) is 19.5 Å². The van der Waals surface area contributed by atoms with E-state index in [1.165, 1.54) is 4.57 Å². The first-order valence-electron chi connectivity index (χ1n) is 8.53. The molecular formula is C18H20F2N2O4. The van der Waals surface area contributed by atoms with Gasteiger partial charge in [-0.05, 0) is 31.7 Å². The highest BCUT2D eigenvalue weighted by Gasteiger charge is 2.28. The van der Waals surface area contributed by atoms with Gasteiger partial charge in [0.15, 0.2) is 5.82 Å². The molecule has 0 aliphatic carbocycles. The molecule has 1 aliphatic rings. The van der Waals surface area contributed by atoms with Crippen LogP contribution in [0.1, 0.15) is 30.1 Å². The molecule has 0 amide bonds. The molecule has 2 N–H and O–H groups in total. The number of anilines is 1. The van der Waals surface area contributed by atoms with Crippen LogP contribution in [-0.2, 0) is 6.54 Å². The second kappa shape index (κ2) is 7.03. The van der Waals surface area contributed by atoms with Crippen molar-refractivity contribution in [3.8, 4) is 0 Å². The van der Waals surface area contributed by atoms with Gasteiger partial charge in [0.25, 0.3) is 0 Å². The minimum absolute atomic E-state index is 0.0606. The number of nitrogens with zero attached hydrogens (tertiary/aromatic N) is 2. The Morgan fingerprint density at radius 1 is 1.38 bits per heavy atom.